The second kappa shape index (κ2) is 8.19. The maximum absolute atomic E-state index is 12.9. The van der Waals surface area contributed by atoms with Crippen LogP contribution in [0.25, 0.3) is 0 Å². The Hall–Kier alpha value is -2.59. The van der Waals surface area contributed by atoms with Crippen LogP contribution >= 0.6 is 15.9 Å². The number of rotatable bonds is 6. The average molecular weight is 411 g/mol. The number of ketones is 1. The molecule has 132 valence electrons. The molecule has 0 amide bonds. The predicted molar refractivity (Wildman–Crippen MR) is 106 cm³/mol. The number of carbonyl (C=O) groups excluding carboxylic acids is 1. The molecule has 0 saturated heterocycles. The molecular weight excluding hydrogens is 392 g/mol. The van der Waals surface area contributed by atoms with E-state index in [-0.39, 0.29) is 5.78 Å². The second-order valence-electron chi connectivity index (χ2n) is 5.95. The fraction of sp³-hybridized carbons (Fsp3) is 0.136. The SMILES string of the molecule is COc1cc(Br)c(C(=O)c2ccc(C)cc2)cc1OCc1ccccc1. The first-order valence-corrected chi connectivity index (χ1v) is 9.03. The minimum Gasteiger partial charge on any atom is -0.493 e. The van der Waals surface area contributed by atoms with Crippen molar-refractivity contribution < 1.29 is 14.3 Å². The van der Waals surface area contributed by atoms with Crippen LogP contribution in [0.4, 0.5) is 0 Å². The van der Waals surface area contributed by atoms with Crippen LogP contribution in [0, 0.1) is 6.92 Å². The summed E-state index contributed by atoms with van der Waals surface area (Å²) in [5.74, 6) is 1.05. The zero-order valence-electron chi connectivity index (χ0n) is 14.7. The molecule has 0 aliphatic heterocycles. The number of hydrogen-bond acceptors (Lipinski definition) is 3. The third-order valence-corrected chi connectivity index (χ3v) is 4.70. The van der Waals surface area contributed by atoms with E-state index in [9.17, 15) is 4.79 Å². The molecule has 0 spiro atoms. The van der Waals surface area contributed by atoms with E-state index in [2.05, 4.69) is 15.9 Å². The normalized spacial score (nSPS) is 10.4. The molecule has 0 bridgehead atoms. The van der Waals surface area contributed by atoms with Crippen molar-refractivity contribution in [1.29, 1.82) is 0 Å². The monoisotopic (exact) mass is 410 g/mol. The van der Waals surface area contributed by atoms with Crippen molar-refractivity contribution in [1.82, 2.24) is 0 Å². The summed E-state index contributed by atoms with van der Waals surface area (Å²) < 4.78 is 12.0. The molecule has 3 aromatic carbocycles. The lowest BCUT2D eigenvalue weighted by atomic mass is 10.0. The van der Waals surface area contributed by atoms with Gasteiger partial charge in [-0.05, 0) is 40.5 Å². The minimum absolute atomic E-state index is 0.0657. The molecule has 4 heteroatoms. The van der Waals surface area contributed by atoms with Crippen LogP contribution in [-0.4, -0.2) is 12.9 Å². The van der Waals surface area contributed by atoms with Gasteiger partial charge >= 0.3 is 0 Å². The van der Waals surface area contributed by atoms with Gasteiger partial charge in [0.1, 0.15) is 6.61 Å². The first-order chi connectivity index (χ1) is 12.6. The topological polar surface area (TPSA) is 35.5 Å². The smallest absolute Gasteiger partial charge is 0.194 e. The van der Waals surface area contributed by atoms with Gasteiger partial charge in [-0.15, -0.1) is 0 Å². The molecular formula is C22H19BrO3. The summed E-state index contributed by atoms with van der Waals surface area (Å²) in [6.07, 6.45) is 0. The van der Waals surface area contributed by atoms with Crippen LogP contribution in [0.15, 0.2) is 71.2 Å². The van der Waals surface area contributed by atoms with Crippen LogP contribution in [0.3, 0.4) is 0 Å². The summed E-state index contributed by atoms with van der Waals surface area (Å²) in [7, 11) is 1.58. The molecule has 0 aliphatic carbocycles. The first kappa shape index (κ1) is 18.2. The Bertz CT molecular complexity index is 903. The molecule has 0 N–H and O–H groups in total. The predicted octanol–water partition coefficient (Wildman–Crippen LogP) is 5.58. The van der Waals surface area contributed by atoms with Gasteiger partial charge in [0.2, 0.25) is 0 Å². The molecule has 0 atom stereocenters. The van der Waals surface area contributed by atoms with Gasteiger partial charge in [0.05, 0.1) is 7.11 Å². The van der Waals surface area contributed by atoms with E-state index in [0.717, 1.165) is 11.1 Å². The van der Waals surface area contributed by atoms with E-state index in [0.29, 0.717) is 33.7 Å². The summed E-state index contributed by atoms with van der Waals surface area (Å²) in [6.45, 7) is 2.39. The third-order valence-electron chi connectivity index (χ3n) is 4.05. The number of methoxy groups -OCH3 is 1. The molecule has 3 aromatic rings. The van der Waals surface area contributed by atoms with Gasteiger partial charge in [0.25, 0.3) is 0 Å². The van der Waals surface area contributed by atoms with Gasteiger partial charge in [-0.25, -0.2) is 0 Å². The van der Waals surface area contributed by atoms with Gasteiger partial charge < -0.3 is 9.47 Å². The number of aryl methyl sites for hydroxylation is 1. The highest BCUT2D eigenvalue weighted by Crippen LogP contribution is 2.35. The number of ether oxygens (including phenoxy) is 2. The fourth-order valence-electron chi connectivity index (χ4n) is 2.58. The summed E-state index contributed by atoms with van der Waals surface area (Å²) in [4.78, 5) is 12.9. The first-order valence-electron chi connectivity index (χ1n) is 8.24. The molecule has 0 aromatic heterocycles. The molecule has 0 unspecified atom stereocenters. The van der Waals surface area contributed by atoms with Gasteiger partial charge in [0, 0.05) is 15.6 Å². The zero-order chi connectivity index (χ0) is 18.5. The van der Waals surface area contributed by atoms with Crippen molar-refractivity contribution in [2.24, 2.45) is 0 Å². The number of benzene rings is 3. The van der Waals surface area contributed by atoms with E-state index >= 15 is 0 Å². The molecule has 26 heavy (non-hydrogen) atoms. The van der Waals surface area contributed by atoms with Crippen LogP contribution < -0.4 is 9.47 Å². The summed E-state index contributed by atoms with van der Waals surface area (Å²) in [6, 6.07) is 20.9. The maximum atomic E-state index is 12.9. The van der Waals surface area contributed by atoms with E-state index in [4.69, 9.17) is 9.47 Å². The van der Waals surface area contributed by atoms with E-state index in [1.54, 1.807) is 19.2 Å². The Labute approximate surface area is 161 Å². The Morgan fingerprint density at radius 1 is 0.962 bits per heavy atom. The zero-order valence-corrected chi connectivity index (χ0v) is 16.2. The van der Waals surface area contributed by atoms with Crippen LogP contribution in [0.1, 0.15) is 27.0 Å². The minimum atomic E-state index is -0.0657. The van der Waals surface area contributed by atoms with Gasteiger partial charge in [0.15, 0.2) is 17.3 Å². The van der Waals surface area contributed by atoms with Gasteiger partial charge in [-0.3, -0.25) is 4.79 Å². The average Bonchev–Trinajstić information content (AvgIpc) is 2.67. The standard InChI is InChI=1S/C22H19BrO3/c1-15-8-10-17(11-9-15)22(24)18-12-21(20(25-2)13-19(18)23)26-14-16-6-4-3-5-7-16/h3-13H,14H2,1-2H3. The molecule has 0 aliphatic rings. The molecule has 0 fully saturated rings. The van der Waals surface area contributed by atoms with Crippen molar-refractivity contribution in [3.63, 3.8) is 0 Å². The highest BCUT2D eigenvalue weighted by atomic mass is 79.9. The third kappa shape index (κ3) is 4.14. The largest absolute Gasteiger partial charge is 0.493 e. The van der Waals surface area contributed by atoms with Crippen LogP contribution in [-0.2, 0) is 6.61 Å². The van der Waals surface area contributed by atoms with E-state index in [1.807, 2.05) is 61.5 Å². The lowest BCUT2D eigenvalue weighted by molar-refractivity contribution is 0.103. The van der Waals surface area contributed by atoms with Crippen molar-refractivity contribution in [3.8, 4) is 11.5 Å². The van der Waals surface area contributed by atoms with E-state index < -0.39 is 0 Å². The number of halogens is 1. The van der Waals surface area contributed by atoms with Crippen LogP contribution in [0.5, 0.6) is 11.5 Å². The fourth-order valence-corrected chi connectivity index (χ4v) is 3.08. The van der Waals surface area contributed by atoms with Gasteiger partial charge in [-0.2, -0.15) is 0 Å². The Morgan fingerprint density at radius 2 is 1.65 bits per heavy atom. The highest BCUT2D eigenvalue weighted by Gasteiger charge is 2.17. The number of carbonyl (C=O) groups is 1. The Morgan fingerprint density at radius 3 is 2.31 bits per heavy atom. The lowest BCUT2D eigenvalue weighted by Crippen LogP contribution is -2.05. The Balaban J connectivity index is 1.91. The quantitative estimate of drug-likeness (QED) is 0.497. The molecule has 0 radical (unpaired) electrons. The van der Waals surface area contributed by atoms with E-state index in [1.165, 1.54) is 0 Å². The highest BCUT2D eigenvalue weighted by molar-refractivity contribution is 9.10. The van der Waals surface area contributed by atoms with Crippen molar-refractivity contribution in [2.45, 2.75) is 13.5 Å². The molecule has 3 rings (SSSR count). The summed E-state index contributed by atoms with van der Waals surface area (Å²) in [5, 5.41) is 0. The van der Waals surface area contributed by atoms with Crippen molar-refractivity contribution in [2.75, 3.05) is 7.11 Å². The second-order valence-corrected chi connectivity index (χ2v) is 6.81. The maximum Gasteiger partial charge on any atom is 0.194 e. The number of hydrogen-bond donors (Lipinski definition) is 0. The summed E-state index contributed by atoms with van der Waals surface area (Å²) in [5.41, 5.74) is 3.33. The van der Waals surface area contributed by atoms with Crippen molar-refractivity contribution in [3.05, 3.63) is 93.5 Å². The van der Waals surface area contributed by atoms with Crippen LogP contribution in [0.2, 0.25) is 0 Å². The Kier molecular flexibility index (Phi) is 5.74. The lowest BCUT2D eigenvalue weighted by Gasteiger charge is -2.14. The molecule has 3 nitrogen and oxygen atoms in total. The van der Waals surface area contributed by atoms with Gasteiger partial charge in [-0.1, -0.05) is 60.2 Å². The molecule has 0 heterocycles. The van der Waals surface area contributed by atoms with Crippen molar-refractivity contribution >= 4 is 21.7 Å². The molecule has 0 saturated carbocycles. The summed E-state index contributed by atoms with van der Waals surface area (Å²) >= 11 is 3.47.